The van der Waals surface area contributed by atoms with Crippen LogP contribution in [0.5, 0.6) is 11.5 Å². The highest BCUT2D eigenvalue weighted by Crippen LogP contribution is 2.34. The fraction of sp³-hybridized carbons (Fsp3) is 0.273. The summed E-state index contributed by atoms with van der Waals surface area (Å²) in [6.07, 6.45) is 0.384. The average molecular weight is 293 g/mol. The topological polar surface area (TPSA) is 122 Å². The van der Waals surface area contributed by atoms with Crippen molar-refractivity contribution < 1.29 is 19.2 Å². The molecular weight excluding hydrogens is 282 g/mol. The van der Waals surface area contributed by atoms with E-state index in [4.69, 9.17) is 9.47 Å². The Morgan fingerprint density at radius 3 is 2.71 bits per heavy atom. The molecule has 0 bridgehead atoms. The number of aldehydes is 1. The quantitative estimate of drug-likeness (QED) is 0.429. The summed E-state index contributed by atoms with van der Waals surface area (Å²) in [4.78, 5) is 22.4. The first-order valence-corrected chi connectivity index (χ1v) is 5.72. The molecule has 1 aromatic carbocycles. The van der Waals surface area contributed by atoms with Crippen molar-refractivity contribution in [3.63, 3.8) is 0 Å². The van der Waals surface area contributed by atoms with E-state index in [0.717, 1.165) is 6.07 Å². The maximum atomic E-state index is 10.9. The molecule has 0 saturated heterocycles. The van der Waals surface area contributed by atoms with E-state index < -0.39 is 4.92 Å². The number of carbonyl (C=O) groups excluding carboxylic acids is 1. The zero-order valence-electron chi connectivity index (χ0n) is 11.2. The van der Waals surface area contributed by atoms with Crippen molar-refractivity contribution in [2.75, 3.05) is 7.11 Å². The van der Waals surface area contributed by atoms with Gasteiger partial charge in [-0.1, -0.05) is 0 Å². The zero-order chi connectivity index (χ0) is 15.4. The van der Waals surface area contributed by atoms with E-state index in [9.17, 15) is 14.9 Å². The fourth-order valence-electron chi connectivity index (χ4n) is 1.61. The van der Waals surface area contributed by atoms with Gasteiger partial charge < -0.3 is 9.47 Å². The van der Waals surface area contributed by atoms with Gasteiger partial charge in [-0.05, 0) is 5.21 Å². The van der Waals surface area contributed by atoms with Gasteiger partial charge in [0, 0.05) is 6.07 Å². The van der Waals surface area contributed by atoms with Crippen molar-refractivity contribution in [1.82, 2.24) is 20.2 Å². The summed E-state index contributed by atoms with van der Waals surface area (Å²) in [5, 5.41) is 22.2. The van der Waals surface area contributed by atoms with Gasteiger partial charge in [0.25, 0.3) is 5.69 Å². The monoisotopic (exact) mass is 293 g/mol. The lowest BCUT2D eigenvalue weighted by Crippen LogP contribution is -2.03. The molecule has 10 heteroatoms. The Balaban J connectivity index is 2.30. The second-order valence-electron chi connectivity index (χ2n) is 3.92. The van der Waals surface area contributed by atoms with Crippen molar-refractivity contribution >= 4 is 12.0 Å². The second kappa shape index (κ2) is 5.94. The Bertz CT molecular complexity index is 684. The number of nitro groups is 1. The van der Waals surface area contributed by atoms with E-state index in [1.165, 1.54) is 18.0 Å². The van der Waals surface area contributed by atoms with Crippen molar-refractivity contribution in [3.8, 4) is 11.5 Å². The van der Waals surface area contributed by atoms with E-state index in [2.05, 4.69) is 15.4 Å². The number of nitrogens with zero attached hydrogens (tertiary/aromatic N) is 5. The maximum Gasteiger partial charge on any atom is 0.283 e. The fourth-order valence-corrected chi connectivity index (χ4v) is 1.61. The van der Waals surface area contributed by atoms with Crippen LogP contribution in [0.3, 0.4) is 0 Å². The van der Waals surface area contributed by atoms with Crippen molar-refractivity contribution in [2.24, 2.45) is 7.05 Å². The van der Waals surface area contributed by atoms with E-state index in [1.54, 1.807) is 7.05 Å². The number of aromatic nitrogens is 4. The number of benzene rings is 1. The summed E-state index contributed by atoms with van der Waals surface area (Å²) in [6, 6.07) is 2.36. The number of methoxy groups -OCH3 is 1. The Kier molecular flexibility index (Phi) is 4.07. The molecule has 110 valence electrons. The largest absolute Gasteiger partial charge is 0.493 e. The highest BCUT2D eigenvalue weighted by molar-refractivity contribution is 5.83. The molecule has 0 spiro atoms. The molecule has 0 fully saturated rings. The maximum absolute atomic E-state index is 10.9. The molecule has 0 aliphatic rings. The summed E-state index contributed by atoms with van der Waals surface area (Å²) in [5.41, 5.74) is -0.463. The summed E-state index contributed by atoms with van der Waals surface area (Å²) >= 11 is 0. The van der Waals surface area contributed by atoms with E-state index in [1.807, 2.05) is 0 Å². The SMILES string of the molecule is COc1cc(C=O)c([N+](=O)[O-])cc1OCc1nnn(C)n1. The Morgan fingerprint density at radius 1 is 1.43 bits per heavy atom. The molecule has 21 heavy (non-hydrogen) atoms. The lowest BCUT2D eigenvalue weighted by Gasteiger charge is -2.09. The number of tetrazole rings is 1. The highest BCUT2D eigenvalue weighted by atomic mass is 16.6. The van der Waals surface area contributed by atoms with Crippen molar-refractivity contribution in [1.29, 1.82) is 0 Å². The van der Waals surface area contributed by atoms with Crippen LogP contribution in [0.15, 0.2) is 12.1 Å². The van der Waals surface area contributed by atoms with Crippen LogP contribution in [-0.2, 0) is 13.7 Å². The third kappa shape index (κ3) is 3.11. The van der Waals surface area contributed by atoms with E-state index in [0.29, 0.717) is 12.1 Å². The summed E-state index contributed by atoms with van der Waals surface area (Å²) in [6.45, 7) is -0.0399. The van der Waals surface area contributed by atoms with E-state index in [-0.39, 0.29) is 29.4 Å². The summed E-state index contributed by atoms with van der Waals surface area (Å²) in [5.74, 6) is 0.621. The molecule has 0 atom stereocenters. The van der Waals surface area contributed by atoms with Crippen LogP contribution in [0.25, 0.3) is 0 Å². The number of aryl methyl sites for hydroxylation is 1. The molecule has 0 unspecified atom stereocenters. The minimum absolute atomic E-state index is 0.0399. The molecule has 2 rings (SSSR count). The molecule has 0 amide bonds. The van der Waals surface area contributed by atoms with Crippen LogP contribution < -0.4 is 9.47 Å². The lowest BCUT2D eigenvalue weighted by molar-refractivity contribution is -0.385. The van der Waals surface area contributed by atoms with Crippen LogP contribution in [0.2, 0.25) is 0 Å². The second-order valence-corrected chi connectivity index (χ2v) is 3.92. The molecular formula is C11H11N5O5. The minimum Gasteiger partial charge on any atom is -0.493 e. The van der Waals surface area contributed by atoms with Crippen molar-refractivity contribution in [3.05, 3.63) is 33.6 Å². The lowest BCUT2D eigenvalue weighted by atomic mass is 10.1. The number of hydrogen-bond donors (Lipinski definition) is 0. The number of hydrogen-bond acceptors (Lipinski definition) is 8. The van der Waals surface area contributed by atoms with Crippen LogP contribution in [0.1, 0.15) is 16.2 Å². The van der Waals surface area contributed by atoms with Crippen LogP contribution >= 0.6 is 0 Å². The molecule has 1 aromatic heterocycles. The highest BCUT2D eigenvalue weighted by Gasteiger charge is 2.19. The predicted molar refractivity (Wildman–Crippen MR) is 68.2 cm³/mol. The van der Waals surface area contributed by atoms with Gasteiger partial charge in [-0.25, -0.2) is 0 Å². The first-order chi connectivity index (χ1) is 10.0. The molecule has 0 aliphatic heterocycles. The Labute approximate surface area is 118 Å². The smallest absolute Gasteiger partial charge is 0.283 e. The van der Waals surface area contributed by atoms with Gasteiger partial charge in [-0.3, -0.25) is 14.9 Å². The summed E-state index contributed by atoms with van der Waals surface area (Å²) < 4.78 is 10.4. The molecule has 2 aromatic rings. The third-order valence-corrected chi connectivity index (χ3v) is 2.54. The molecule has 1 heterocycles. The normalized spacial score (nSPS) is 10.2. The first-order valence-electron chi connectivity index (χ1n) is 5.72. The van der Waals surface area contributed by atoms with Crippen LogP contribution in [-0.4, -0.2) is 38.5 Å². The Hall–Kier alpha value is -3.04. The van der Waals surface area contributed by atoms with Crippen LogP contribution in [0.4, 0.5) is 5.69 Å². The third-order valence-electron chi connectivity index (χ3n) is 2.54. The molecule has 0 radical (unpaired) electrons. The molecule has 0 N–H and O–H groups in total. The summed E-state index contributed by atoms with van der Waals surface area (Å²) in [7, 11) is 2.96. The average Bonchev–Trinajstić information content (AvgIpc) is 2.89. The van der Waals surface area contributed by atoms with E-state index >= 15 is 0 Å². The van der Waals surface area contributed by atoms with Gasteiger partial charge in [0.2, 0.25) is 5.82 Å². The minimum atomic E-state index is -0.670. The first kappa shape index (κ1) is 14.4. The predicted octanol–water partition coefficient (Wildman–Crippen LogP) is 0.518. The van der Waals surface area contributed by atoms with Crippen LogP contribution in [0, 0.1) is 10.1 Å². The standard InChI is InChI=1S/C11H11N5O5/c1-15-13-11(12-14-15)6-21-10-4-8(16(18)19)7(5-17)3-9(10)20-2/h3-5H,6H2,1-2H3. The Morgan fingerprint density at radius 2 is 2.19 bits per heavy atom. The van der Waals surface area contributed by atoms with Gasteiger partial charge in [0.15, 0.2) is 24.4 Å². The number of nitro benzene ring substituents is 1. The van der Waals surface area contributed by atoms with Gasteiger partial charge in [-0.15, -0.1) is 10.2 Å². The van der Waals surface area contributed by atoms with Gasteiger partial charge in [0.05, 0.1) is 30.7 Å². The van der Waals surface area contributed by atoms with Gasteiger partial charge in [-0.2, -0.15) is 4.80 Å². The number of ether oxygens (including phenoxy) is 2. The number of carbonyl (C=O) groups is 1. The van der Waals surface area contributed by atoms with Gasteiger partial charge in [0.1, 0.15) is 0 Å². The molecule has 0 aliphatic carbocycles. The molecule has 10 nitrogen and oxygen atoms in total. The van der Waals surface area contributed by atoms with Crippen molar-refractivity contribution in [2.45, 2.75) is 6.61 Å². The zero-order valence-corrected chi connectivity index (χ0v) is 11.2. The number of rotatable bonds is 6. The molecule has 0 saturated carbocycles. The van der Waals surface area contributed by atoms with Gasteiger partial charge >= 0.3 is 0 Å².